The molecule has 0 aromatic carbocycles. The van der Waals surface area contributed by atoms with Crippen molar-refractivity contribution in [1.82, 2.24) is 0 Å². The Labute approximate surface area is 100 Å². The second-order valence-electron chi connectivity index (χ2n) is 6.01. The Morgan fingerprint density at radius 3 is 1.94 bits per heavy atom. The Morgan fingerprint density at radius 2 is 1.56 bits per heavy atom. The predicted molar refractivity (Wildman–Crippen MR) is 68.4 cm³/mol. The van der Waals surface area contributed by atoms with Gasteiger partial charge in [-0.3, -0.25) is 0 Å². The lowest BCUT2D eigenvalue weighted by Crippen LogP contribution is -2.41. The summed E-state index contributed by atoms with van der Waals surface area (Å²) in [5.41, 5.74) is 5.50. The van der Waals surface area contributed by atoms with Crippen molar-refractivity contribution >= 4 is 7.12 Å². The molecule has 1 fully saturated rings. The standard InChI is InChI=1S/C12H26BNO2/c1-7-10(14)8-9(2)13-15-11(3,4)12(5,6)16-13/h9-10H,7-8,14H2,1-6H3/t9?,10-/m1/s1. The van der Waals surface area contributed by atoms with Crippen molar-refractivity contribution in [2.24, 2.45) is 5.73 Å². The van der Waals surface area contributed by atoms with Gasteiger partial charge in [-0.2, -0.15) is 0 Å². The Hall–Kier alpha value is -0.0551. The highest BCUT2D eigenvalue weighted by molar-refractivity contribution is 6.47. The van der Waals surface area contributed by atoms with E-state index in [2.05, 4.69) is 41.5 Å². The maximum absolute atomic E-state index is 5.99. The van der Waals surface area contributed by atoms with Gasteiger partial charge in [0, 0.05) is 6.04 Å². The fourth-order valence-electron chi connectivity index (χ4n) is 1.88. The van der Waals surface area contributed by atoms with Crippen LogP contribution in [-0.2, 0) is 9.31 Å². The third-order valence-electron chi connectivity index (χ3n) is 3.94. The second kappa shape index (κ2) is 4.67. The molecular weight excluding hydrogens is 201 g/mol. The summed E-state index contributed by atoms with van der Waals surface area (Å²) in [6.07, 6.45) is 1.96. The maximum Gasteiger partial charge on any atom is 0.460 e. The van der Waals surface area contributed by atoms with Gasteiger partial charge < -0.3 is 15.0 Å². The first-order valence-electron chi connectivity index (χ1n) is 6.31. The summed E-state index contributed by atoms with van der Waals surface area (Å²) in [6, 6.07) is 0.244. The minimum absolute atomic E-state index is 0.123. The topological polar surface area (TPSA) is 44.5 Å². The highest BCUT2D eigenvalue weighted by Gasteiger charge is 2.52. The lowest BCUT2D eigenvalue weighted by Gasteiger charge is -2.32. The van der Waals surface area contributed by atoms with Crippen LogP contribution in [0.15, 0.2) is 0 Å². The van der Waals surface area contributed by atoms with Crippen LogP contribution in [0.2, 0.25) is 5.82 Å². The van der Waals surface area contributed by atoms with Crippen LogP contribution in [0.1, 0.15) is 54.4 Å². The molecule has 0 spiro atoms. The zero-order valence-electron chi connectivity index (χ0n) is 11.5. The molecule has 2 N–H and O–H groups in total. The van der Waals surface area contributed by atoms with Crippen LogP contribution in [0.3, 0.4) is 0 Å². The summed E-state index contributed by atoms with van der Waals surface area (Å²) in [7, 11) is -0.123. The summed E-state index contributed by atoms with van der Waals surface area (Å²) in [5.74, 6) is 0.344. The molecule has 0 aromatic rings. The first-order valence-corrected chi connectivity index (χ1v) is 6.31. The number of nitrogens with two attached hydrogens (primary N) is 1. The van der Waals surface area contributed by atoms with Gasteiger partial charge in [0.25, 0.3) is 0 Å². The molecule has 4 heteroatoms. The molecule has 94 valence electrons. The molecule has 0 bridgehead atoms. The second-order valence-corrected chi connectivity index (χ2v) is 6.01. The Kier molecular flexibility index (Phi) is 4.09. The normalized spacial score (nSPS) is 26.8. The van der Waals surface area contributed by atoms with E-state index in [1.807, 2.05) is 0 Å². The molecule has 1 heterocycles. The third-order valence-corrected chi connectivity index (χ3v) is 3.94. The van der Waals surface area contributed by atoms with E-state index in [0.29, 0.717) is 5.82 Å². The molecule has 2 atom stereocenters. The van der Waals surface area contributed by atoms with Crippen LogP contribution in [-0.4, -0.2) is 24.4 Å². The van der Waals surface area contributed by atoms with Gasteiger partial charge in [0.2, 0.25) is 0 Å². The fraction of sp³-hybridized carbons (Fsp3) is 1.00. The monoisotopic (exact) mass is 227 g/mol. The lowest BCUT2D eigenvalue weighted by atomic mass is 9.70. The lowest BCUT2D eigenvalue weighted by molar-refractivity contribution is 0.00578. The first-order chi connectivity index (χ1) is 7.19. The number of hydrogen-bond acceptors (Lipinski definition) is 3. The van der Waals surface area contributed by atoms with Crippen LogP contribution in [0.25, 0.3) is 0 Å². The molecule has 0 aromatic heterocycles. The van der Waals surface area contributed by atoms with Crippen LogP contribution in [0.5, 0.6) is 0 Å². The van der Waals surface area contributed by atoms with Gasteiger partial charge in [-0.25, -0.2) is 0 Å². The van der Waals surface area contributed by atoms with Crippen LogP contribution >= 0.6 is 0 Å². The number of rotatable bonds is 4. The third kappa shape index (κ3) is 2.79. The molecule has 16 heavy (non-hydrogen) atoms. The van der Waals surface area contributed by atoms with E-state index in [0.717, 1.165) is 12.8 Å². The van der Waals surface area contributed by atoms with E-state index < -0.39 is 0 Å². The van der Waals surface area contributed by atoms with Crippen molar-refractivity contribution < 1.29 is 9.31 Å². The van der Waals surface area contributed by atoms with E-state index in [-0.39, 0.29) is 24.4 Å². The van der Waals surface area contributed by atoms with E-state index in [9.17, 15) is 0 Å². The Balaban J connectivity index is 2.58. The van der Waals surface area contributed by atoms with E-state index >= 15 is 0 Å². The maximum atomic E-state index is 5.99. The summed E-state index contributed by atoms with van der Waals surface area (Å²) in [6.45, 7) is 12.6. The molecule has 1 aliphatic rings. The average molecular weight is 227 g/mol. The quantitative estimate of drug-likeness (QED) is 0.750. The van der Waals surface area contributed by atoms with Gasteiger partial charge >= 0.3 is 7.12 Å². The SMILES string of the molecule is CC[C@@H](N)CC(C)B1OC(C)(C)C(C)(C)O1. The Bertz CT molecular complexity index is 227. The van der Waals surface area contributed by atoms with Crippen LogP contribution in [0.4, 0.5) is 0 Å². The fourth-order valence-corrected chi connectivity index (χ4v) is 1.88. The molecule has 1 aliphatic heterocycles. The van der Waals surface area contributed by atoms with Crippen molar-refractivity contribution in [3.63, 3.8) is 0 Å². The molecule has 1 unspecified atom stereocenters. The van der Waals surface area contributed by atoms with E-state index in [1.165, 1.54) is 0 Å². The van der Waals surface area contributed by atoms with Crippen molar-refractivity contribution in [3.8, 4) is 0 Å². The van der Waals surface area contributed by atoms with Gasteiger partial charge in [0.15, 0.2) is 0 Å². The van der Waals surface area contributed by atoms with Gasteiger partial charge in [0.05, 0.1) is 11.2 Å². The molecule has 0 radical (unpaired) electrons. The van der Waals surface area contributed by atoms with E-state index in [4.69, 9.17) is 15.0 Å². The summed E-state index contributed by atoms with van der Waals surface area (Å²) in [5, 5.41) is 0. The summed E-state index contributed by atoms with van der Waals surface area (Å²) < 4.78 is 12.0. The molecule has 3 nitrogen and oxygen atoms in total. The molecule has 0 saturated carbocycles. The molecule has 1 saturated heterocycles. The van der Waals surface area contributed by atoms with E-state index in [1.54, 1.807) is 0 Å². The molecule has 0 aliphatic carbocycles. The average Bonchev–Trinajstić information content (AvgIpc) is 2.36. The van der Waals surface area contributed by atoms with Gasteiger partial charge in [-0.1, -0.05) is 13.8 Å². The Morgan fingerprint density at radius 1 is 1.12 bits per heavy atom. The molecular formula is C12H26BNO2. The highest BCUT2D eigenvalue weighted by atomic mass is 16.7. The van der Waals surface area contributed by atoms with Gasteiger partial charge in [-0.15, -0.1) is 0 Å². The zero-order chi connectivity index (χ0) is 12.6. The zero-order valence-corrected chi connectivity index (χ0v) is 11.5. The van der Waals surface area contributed by atoms with Gasteiger partial charge in [-0.05, 0) is 46.4 Å². The minimum Gasteiger partial charge on any atom is -0.403 e. The minimum atomic E-state index is -0.234. The molecule has 1 rings (SSSR count). The van der Waals surface area contributed by atoms with Crippen LogP contribution < -0.4 is 5.73 Å². The number of hydrogen-bond donors (Lipinski definition) is 1. The first kappa shape index (κ1) is 14.0. The van der Waals surface area contributed by atoms with Crippen molar-refractivity contribution in [3.05, 3.63) is 0 Å². The summed E-state index contributed by atoms with van der Waals surface area (Å²) >= 11 is 0. The van der Waals surface area contributed by atoms with Gasteiger partial charge in [0.1, 0.15) is 0 Å². The molecule has 0 amide bonds. The predicted octanol–water partition coefficient (Wildman–Crippen LogP) is 2.60. The van der Waals surface area contributed by atoms with Crippen molar-refractivity contribution in [2.75, 3.05) is 0 Å². The summed E-state index contributed by atoms with van der Waals surface area (Å²) in [4.78, 5) is 0. The van der Waals surface area contributed by atoms with Crippen molar-refractivity contribution in [2.45, 2.75) is 77.4 Å². The van der Waals surface area contributed by atoms with Crippen molar-refractivity contribution in [1.29, 1.82) is 0 Å². The van der Waals surface area contributed by atoms with Crippen LogP contribution in [0, 0.1) is 0 Å². The largest absolute Gasteiger partial charge is 0.460 e. The highest BCUT2D eigenvalue weighted by Crippen LogP contribution is 2.40. The smallest absolute Gasteiger partial charge is 0.403 e.